The first-order valence-corrected chi connectivity index (χ1v) is 9.30. The monoisotopic (exact) mass is 381 g/mol. The lowest BCUT2D eigenvalue weighted by molar-refractivity contribution is 0.946. The molecule has 3 aromatic rings. The van der Waals surface area contributed by atoms with E-state index in [-0.39, 0.29) is 0 Å². The van der Waals surface area contributed by atoms with Gasteiger partial charge in [-0.2, -0.15) is 5.10 Å². The highest BCUT2D eigenvalue weighted by Crippen LogP contribution is 2.30. The number of hydrogen-bond donors (Lipinski definition) is 2. The van der Waals surface area contributed by atoms with Crippen LogP contribution in [0.25, 0.3) is 11.0 Å². The van der Waals surface area contributed by atoms with Crippen molar-refractivity contribution in [1.29, 1.82) is 0 Å². The molecule has 0 unspecified atom stereocenters. The molecule has 1 aromatic carbocycles. The number of aromatic nitrogens is 3. The van der Waals surface area contributed by atoms with Gasteiger partial charge in [0.2, 0.25) is 0 Å². The van der Waals surface area contributed by atoms with Gasteiger partial charge in [-0.15, -0.1) is 0 Å². The summed E-state index contributed by atoms with van der Waals surface area (Å²) in [5.41, 5.74) is 10.8. The summed E-state index contributed by atoms with van der Waals surface area (Å²) in [6.45, 7) is 5.82. The normalized spacial score (nSPS) is 11.7. The maximum Gasteiger partial charge on any atom is 0.134 e. The third-order valence-electron chi connectivity index (χ3n) is 4.35. The number of nitrogens with two attached hydrogens (primary N) is 2. The molecule has 0 aliphatic heterocycles. The molecule has 8 heteroatoms. The average Bonchev–Trinajstić information content (AvgIpc) is 3.05. The number of thioether (sulfide) groups is 1. The molecule has 2 aromatic heterocycles. The Bertz CT molecular complexity index is 1020. The lowest BCUT2D eigenvalue weighted by Gasteiger charge is -2.22. The van der Waals surface area contributed by atoms with E-state index in [9.17, 15) is 0 Å². The number of hydrogen-bond acceptors (Lipinski definition) is 7. The number of rotatable bonds is 5. The number of aryl methyl sites for hydroxylation is 2. The summed E-state index contributed by atoms with van der Waals surface area (Å²) >= 11 is 1.26. The first kappa shape index (κ1) is 18.8. The number of nitrogens with zero attached hydrogens (tertiary/aromatic N) is 5. The summed E-state index contributed by atoms with van der Waals surface area (Å²) in [6.07, 6.45) is 4.44. The van der Waals surface area contributed by atoms with Crippen LogP contribution in [0.1, 0.15) is 18.1 Å². The molecule has 0 saturated heterocycles. The fourth-order valence-corrected chi connectivity index (χ4v) is 3.49. The summed E-state index contributed by atoms with van der Waals surface area (Å²) in [5, 5.41) is 4.94. The Balaban J connectivity index is 1.99. The van der Waals surface area contributed by atoms with Crippen LogP contribution in [0.5, 0.6) is 0 Å². The highest BCUT2D eigenvalue weighted by atomic mass is 32.2. The van der Waals surface area contributed by atoms with Gasteiger partial charge in [0, 0.05) is 31.4 Å². The SMILES string of the molecule is C=C(N)S/C(=N\N)c1ccc(N(C)c2cc3c(cn2)ncn3C)c(CC)c1. The molecule has 0 amide bonds. The van der Waals surface area contributed by atoms with Gasteiger partial charge in [0.1, 0.15) is 16.4 Å². The van der Waals surface area contributed by atoms with E-state index < -0.39 is 0 Å². The van der Waals surface area contributed by atoms with Crippen LogP contribution in [0.2, 0.25) is 0 Å². The van der Waals surface area contributed by atoms with Crippen molar-refractivity contribution in [2.75, 3.05) is 11.9 Å². The zero-order valence-corrected chi connectivity index (χ0v) is 16.5. The van der Waals surface area contributed by atoms with E-state index in [1.54, 1.807) is 12.5 Å². The minimum absolute atomic E-state index is 0.451. The lowest BCUT2D eigenvalue weighted by atomic mass is 10.1. The van der Waals surface area contributed by atoms with Gasteiger partial charge in [0.05, 0.1) is 23.1 Å². The van der Waals surface area contributed by atoms with Gasteiger partial charge in [-0.3, -0.25) is 0 Å². The van der Waals surface area contributed by atoms with Gasteiger partial charge in [-0.25, -0.2) is 9.97 Å². The van der Waals surface area contributed by atoms with E-state index in [0.717, 1.165) is 40.1 Å². The average molecular weight is 382 g/mol. The first-order chi connectivity index (χ1) is 12.9. The molecule has 2 heterocycles. The largest absolute Gasteiger partial charge is 0.394 e. The van der Waals surface area contributed by atoms with Crippen LogP contribution in [0.3, 0.4) is 0 Å². The van der Waals surface area contributed by atoms with Gasteiger partial charge in [-0.05, 0) is 24.1 Å². The second-order valence-corrected chi connectivity index (χ2v) is 7.26. The minimum Gasteiger partial charge on any atom is -0.394 e. The second kappa shape index (κ2) is 7.71. The third kappa shape index (κ3) is 3.75. The Labute approximate surface area is 162 Å². The summed E-state index contributed by atoms with van der Waals surface area (Å²) in [7, 11) is 3.98. The molecule has 27 heavy (non-hydrogen) atoms. The molecule has 140 valence electrons. The van der Waals surface area contributed by atoms with Crippen LogP contribution in [0.15, 0.2) is 53.5 Å². The number of pyridine rings is 1. The number of fused-ring (bicyclic) bond motifs is 1. The van der Waals surface area contributed by atoms with E-state index in [2.05, 4.69) is 39.5 Å². The molecule has 0 radical (unpaired) electrons. The van der Waals surface area contributed by atoms with Crippen molar-refractivity contribution in [1.82, 2.24) is 14.5 Å². The molecule has 0 saturated carbocycles. The van der Waals surface area contributed by atoms with Crippen molar-refractivity contribution in [2.45, 2.75) is 13.3 Å². The molecule has 0 fully saturated rings. The van der Waals surface area contributed by atoms with Crippen molar-refractivity contribution in [3.05, 3.63) is 59.5 Å². The fraction of sp³-hybridized carbons (Fsp3) is 0.211. The van der Waals surface area contributed by atoms with Crippen LogP contribution in [-0.2, 0) is 13.5 Å². The highest BCUT2D eigenvalue weighted by Gasteiger charge is 2.14. The van der Waals surface area contributed by atoms with E-state index in [1.807, 2.05) is 36.9 Å². The molecule has 3 rings (SSSR count). The first-order valence-electron chi connectivity index (χ1n) is 8.48. The third-order valence-corrected chi connectivity index (χ3v) is 5.15. The van der Waals surface area contributed by atoms with Crippen molar-refractivity contribution in [3.63, 3.8) is 0 Å². The predicted octanol–water partition coefficient (Wildman–Crippen LogP) is 3.08. The molecular weight excluding hydrogens is 358 g/mol. The molecular formula is C19H23N7S. The number of hydrazone groups is 1. The Morgan fingerprint density at radius 2 is 2.11 bits per heavy atom. The maximum atomic E-state index is 5.69. The van der Waals surface area contributed by atoms with Gasteiger partial charge < -0.3 is 21.0 Å². The lowest BCUT2D eigenvalue weighted by Crippen LogP contribution is -2.14. The van der Waals surface area contributed by atoms with E-state index in [1.165, 1.54) is 11.8 Å². The summed E-state index contributed by atoms with van der Waals surface area (Å²) < 4.78 is 1.99. The van der Waals surface area contributed by atoms with Gasteiger partial charge in [0.25, 0.3) is 0 Å². The van der Waals surface area contributed by atoms with Crippen LogP contribution in [0, 0.1) is 0 Å². The molecule has 0 spiro atoms. The van der Waals surface area contributed by atoms with Crippen molar-refractivity contribution >= 4 is 39.3 Å². The smallest absolute Gasteiger partial charge is 0.134 e. The van der Waals surface area contributed by atoms with Crippen molar-refractivity contribution < 1.29 is 0 Å². The number of anilines is 2. The topological polar surface area (TPSA) is 98.3 Å². The van der Waals surface area contributed by atoms with Crippen LogP contribution < -0.4 is 16.5 Å². The van der Waals surface area contributed by atoms with Gasteiger partial charge in [0.15, 0.2) is 0 Å². The standard InChI is InChI=1S/C19H23N7S/c1-5-13-8-14(19(24-21)27-12(2)20)6-7-16(13)26(4)18-9-17-15(10-22-18)23-11-25(17)3/h6-11H,2,5,20-21H2,1,3-4H3/b24-19-. The van der Waals surface area contributed by atoms with Gasteiger partial charge in [-0.1, -0.05) is 31.3 Å². The molecule has 0 bridgehead atoms. The summed E-state index contributed by atoms with van der Waals surface area (Å²) in [4.78, 5) is 11.0. The quantitative estimate of drug-likeness (QED) is 0.305. The molecule has 0 aliphatic carbocycles. The minimum atomic E-state index is 0.451. The van der Waals surface area contributed by atoms with Crippen molar-refractivity contribution in [3.8, 4) is 0 Å². The number of imidazole rings is 1. The Morgan fingerprint density at radius 3 is 2.78 bits per heavy atom. The van der Waals surface area contributed by atoms with E-state index >= 15 is 0 Å². The Hall–Kier alpha value is -3.00. The Morgan fingerprint density at radius 1 is 1.33 bits per heavy atom. The van der Waals surface area contributed by atoms with Crippen molar-refractivity contribution in [2.24, 2.45) is 23.7 Å². The Kier molecular flexibility index (Phi) is 5.36. The zero-order valence-electron chi connectivity index (χ0n) is 15.7. The van der Waals surface area contributed by atoms with Crippen LogP contribution in [0.4, 0.5) is 11.5 Å². The zero-order chi connectivity index (χ0) is 19.6. The van der Waals surface area contributed by atoms with E-state index in [4.69, 9.17) is 11.6 Å². The molecule has 7 nitrogen and oxygen atoms in total. The fourth-order valence-electron chi connectivity index (χ4n) is 2.94. The number of benzene rings is 1. The predicted molar refractivity (Wildman–Crippen MR) is 114 cm³/mol. The summed E-state index contributed by atoms with van der Waals surface area (Å²) in [5.74, 6) is 6.38. The van der Waals surface area contributed by atoms with Crippen LogP contribution >= 0.6 is 11.8 Å². The molecule has 0 atom stereocenters. The summed E-state index contributed by atoms with van der Waals surface area (Å²) in [6, 6.07) is 8.15. The molecule has 0 aliphatic rings. The second-order valence-electron chi connectivity index (χ2n) is 6.15. The van der Waals surface area contributed by atoms with Crippen LogP contribution in [-0.4, -0.2) is 26.6 Å². The van der Waals surface area contributed by atoms with E-state index in [0.29, 0.717) is 10.1 Å². The maximum absolute atomic E-state index is 5.69. The molecule has 4 N–H and O–H groups in total. The highest BCUT2D eigenvalue weighted by molar-refractivity contribution is 8.17. The van der Waals surface area contributed by atoms with Gasteiger partial charge >= 0.3 is 0 Å².